The Morgan fingerprint density at radius 3 is 2.80 bits per heavy atom. The number of nitrogens with two attached hydrogens (primary N) is 1. The molecule has 2 aromatic rings. The highest BCUT2D eigenvalue weighted by Gasteiger charge is 2.26. The van der Waals surface area contributed by atoms with E-state index in [9.17, 15) is 8.42 Å². The van der Waals surface area contributed by atoms with Crippen LogP contribution in [0.3, 0.4) is 0 Å². The van der Waals surface area contributed by atoms with E-state index in [1.54, 1.807) is 13.0 Å². The molecule has 0 amide bonds. The van der Waals surface area contributed by atoms with Gasteiger partial charge in [-0.25, -0.2) is 8.42 Å². The van der Waals surface area contributed by atoms with Crippen LogP contribution in [0.25, 0.3) is 10.9 Å². The molecule has 0 radical (unpaired) electrons. The molecule has 2 rings (SSSR count). The van der Waals surface area contributed by atoms with Crippen molar-refractivity contribution in [1.82, 2.24) is 4.98 Å². The number of benzene rings is 1. The number of rotatable bonds is 5. The van der Waals surface area contributed by atoms with Crippen LogP contribution < -0.4 is 10.5 Å². The number of sulfonamides is 1. The predicted octanol–water partition coefficient (Wildman–Crippen LogP) is 2.04. The number of nitrogens with one attached hydrogen (secondary N) is 1. The summed E-state index contributed by atoms with van der Waals surface area (Å²) >= 11 is 4.80. The Kier molecular flexibility index (Phi) is 4.20. The zero-order valence-electron chi connectivity index (χ0n) is 10.9. The number of aromatic nitrogens is 1. The van der Waals surface area contributed by atoms with Crippen molar-refractivity contribution in [3.05, 3.63) is 36.5 Å². The lowest BCUT2D eigenvalue weighted by Crippen LogP contribution is -2.37. The van der Waals surface area contributed by atoms with Gasteiger partial charge in [0.05, 0.1) is 22.4 Å². The van der Waals surface area contributed by atoms with Crippen molar-refractivity contribution in [1.29, 1.82) is 0 Å². The molecule has 1 heterocycles. The van der Waals surface area contributed by atoms with Crippen LogP contribution in [-0.2, 0) is 10.0 Å². The maximum absolute atomic E-state index is 12.2. The Morgan fingerprint density at radius 1 is 1.45 bits per heavy atom. The van der Waals surface area contributed by atoms with Gasteiger partial charge in [-0.1, -0.05) is 37.3 Å². The van der Waals surface area contributed by atoms with E-state index in [0.717, 1.165) is 10.9 Å². The molecule has 0 saturated heterocycles. The van der Waals surface area contributed by atoms with Crippen molar-refractivity contribution in [3.63, 3.8) is 0 Å². The number of nitrogens with zero attached hydrogens (tertiary/aromatic N) is 1. The second-order valence-electron chi connectivity index (χ2n) is 4.36. The first kappa shape index (κ1) is 14.7. The highest BCUT2D eigenvalue weighted by Crippen LogP contribution is 2.19. The van der Waals surface area contributed by atoms with E-state index in [1.165, 1.54) is 6.20 Å². The molecule has 0 aliphatic carbocycles. The van der Waals surface area contributed by atoms with E-state index in [2.05, 4.69) is 9.71 Å². The first-order valence-electron chi connectivity index (χ1n) is 6.10. The zero-order chi connectivity index (χ0) is 14.8. The third-order valence-electron chi connectivity index (χ3n) is 2.91. The molecule has 0 aliphatic heterocycles. The van der Waals surface area contributed by atoms with Gasteiger partial charge in [0.15, 0.2) is 0 Å². The summed E-state index contributed by atoms with van der Waals surface area (Å²) in [5.41, 5.74) is 6.68. The second-order valence-corrected chi connectivity index (χ2v) is 6.70. The summed E-state index contributed by atoms with van der Waals surface area (Å²) in [6, 6.07) is 9.19. The molecule has 0 fully saturated rings. The summed E-state index contributed by atoms with van der Waals surface area (Å²) in [6.45, 7) is 1.72. The summed E-state index contributed by atoms with van der Waals surface area (Å²) < 4.78 is 26.9. The monoisotopic (exact) mass is 309 g/mol. The largest absolute Gasteiger partial charge is 0.392 e. The molecule has 1 aromatic heterocycles. The van der Waals surface area contributed by atoms with Gasteiger partial charge in [-0.05, 0) is 18.6 Å². The molecule has 1 aromatic carbocycles. The lowest BCUT2D eigenvalue weighted by Gasteiger charge is -2.16. The summed E-state index contributed by atoms with van der Waals surface area (Å²) in [5, 5.41) is -0.0277. The van der Waals surface area contributed by atoms with Gasteiger partial charge in [0.1, 0.15) is 5.25 Å². The normalized spacial score (nSPS) is 13.1. The third kappa shape index (κ3) is 3.05. The topological polar surface area (TPSA) is 85.1 Å². The number of para-hydroxylation sites is 1. The van der Waals surface area contributed by atoms with Crippen LogP contribution in [0.15, 0.2) is 36.5 Å². The lowest BCUT2D eigenvalue weighted by molar-refractivity contribution is 0.594. The summed E-state index contributed by atoms with van der Waals surface area (Å²) in [7, 11) is -3.65. The van der Waals surface area contributed by atoms with Crippen LogP contribution in [0.4, 0.5) is 5.69 Å². The molecule has 0 bridgehead atoms. The molecule has 0 spiro atoms. The molecule has 0 saturated carbocycles. The van der Waals surface area contributed by atoms with E-state index in [0.29, 0.717) is 12.1 Å². The highest BCUT2D eigenvalue weighted by molar-refractivity contribution is 7.95. The van der Waals surface area contributed by atoms with Gasteiger partial charge >= 0.3 is 0 Å². The minimum atomic E-state index is -3.65. The smallest absolute Gasteiger partial charge is 0.242 e. The fourth-order valence-electron chi connectivity index (χ4n) is 1.94. The SMILES string of the molecule is CCC(C(N)=S)S(=O)(=O)Nc1cnc2ccccc2c1. The van der Waals surface area contributed by atoms with Gasteiger partial charge in [-0.15, -0.1) is 0 Å². The average molecular weight is 309 g/mol. The maximum atomic E-state index is 12.2. The first-order chi connectivity index (χ1) is 9.44. The molecule has 5 nitrogen and oxygen atoms in total. The van der Waals surface area contributed by atoms with Gasteiger partial charge in [0.2, 0.25) is 10.0 Å². The molecule has 106 valence electrons. The van der Waals surface area contributed by atoms with Crippen molar-refractivity contribution >= 4 is 43.8 Å². The minimum absolute atomic E-state index is 0.0336. The highest BCUT2D eigenvalue weighted by atomic mass is 32.2. The van der Waals surface area contributed by atoms with E-state index in [4.69, 9.17) is 18.0 Å². The predicted molar refractivity (Wildman–Crippen MR) is 85.1 cm³/mol. The molecular formula is C13H15N3O2S2. The van der Waals surface area contributed by atoms with E-state index in [-0.39, 0.29) is 4.99 Å². The third-order valence-corrected chi connectivity index (χ3v) is 5.20. The van der Waals surface area contributed by atoms with Crippen LogP contribution in [0.1, 0.15) is 13.3 Å². The second kappa shape index (κ2) is 5.72. The number of fused-ring (bicyclic) bond motifs is 1. The Balaban J connectivity index is 2.33. The fraction of sp³-hybridized carbons (Fsp3) is 0.231. The Hall–Kier alpha value is -1.73. The number of anilines is 1. The minimum Gasteiger partial charge on any atom is -0.392 e. The van der Waals surface area contributed by atoms with Crippen molar-refractivity contribution in [3.8, 4) is 0 Å². The number of pyridine rings is 1. The van der Waals surface area contributed by atoms with Gasteiger partial charge in [-0.2, -0.15) is 0 Å². The molecule has 1 atom stereocenters. The van der Waals surface area contributed by atoms with Crippen LogP contribution in [0, 0.1) is 0 Å². The van der Waals surface area contributed by atoms with Crippen LogP contribution in [0.2, 0.25) is 0 Å². The molecule has 7 heteroatoms. The number of hydrogen-bond donors (Lipinski definition) is 2. The van der Waals surface area contributed by atoms with E-state index < -0.39 is 15.3 Å². The zero-order valence-corrected chi connectivity index (χ0v) is 12.5. The van der Waals surface area contributed by atoms with Gasteiger partial charge < -0.3 is 5.73 Å². The molecular weight excluding hydrogens is 294 g/mol. The van der Waals surface area contributed by atoms with Crippen LogP contribution in [-0.4, -0.2) is 23.6 Å². The van der Waals surface area contributed by atoms with Gasteiger partial charge in [0.25, 0.3) is 0 Å². The maximum Gasteiger partial charge on any atom is 0.242 e. The number of hydrogen-bond acceptors (Lipinski definition) is 4. The summed E-state index contributed by atoms with van der Waals surface area (Å²) in [6.07, 6.45) is 1.80. The summed E-state index contributed by atoms with van der Waals surface area (Å²) in [5.74, 6) is 0. The molecule has 3 N–H and O–H groups in total. The quantitative estimate of drug-likeness (QED) is 0.826. The Morgan fingerprint density at radius 2 is 2.15 bits per heavy atom. The van der Waals surface area contributed by atoms with E-state index >= 15 is 0 Å². The summed E-state index contributed by atoms with van der Waals surface area (Å²) in [4.78, 5) is 4.17. The molecule has 0 aliphatic rings. The standard InChI is InChI=1S/C13H15N3O2S2/c1-2-12(13(14)19)20(17,18)16-10-7-9-5-3-4-6-11(9)15-8-10/h3-8,12,16H,2H2,1H3,(H2,14,19). The van der Waals surface area contributed by atoms with E-state index in [1.807, 2.05) is 24.3 Å². The Labute approximate surface area is 123 Å². The van der Waals surface area contributed by atoms with Crippen molar-refractivity contribution in [2.75, 3.05) is 4.72 Å². The molecule has 1 unspecified atom stereocenters. The average Bonchev–Trinajstić information content (AvgIpc) is 2.38. The van der Waals surface area contributed by atoms with Crippen molar-refractivity contribution < 1.29 is 8.42 Å². The van der Waals surface area contributed by atoms with Crippen molar-refractivity contribution in [2.45, 2.75) is 18.6 Å². The van der Waals surface area contributed by atoms with Gasteiger partial charge in [0, 0.05) is 5.39 Å². The first-order valence-corrected chi connectivity index (χ1v) is 8.05. The van der Waals surface area contributed by atoms with Crippen LogP contribution in [0.5, 0.6) is 0 Å². The Bertz CT molecular complexity index is 744. The van der Waals surface area contributed by atoms with Crippen LogP contribution >= 0.6 is 12.2 Å². The molecule has 20 heavy (non-hydrogen) atoms. The lowest BCUT2D eigenvalue weighted by atomic mass is 10.2. The number of thiocarbonyl (C=S) groups is 1. The van der Waals surface area contributed by atoms with Gasteiger partial charge in [-0.3, -0.25) is 9.71 Å². The fourth-order valence-corrected chi connectivity index (χ4v) is 3.81. The van der Waals surface area contributed by atoms with Crippen molar-refractivity contribution in [2.24, 2.45) is 5.73 Å².